The molecule has 1 N–H and O–H groups in total. The van der Waals surface area contributed by atoms with E-state index in [1.54, 1.807) is 18.6 Å². The Bertz CT molecular complexity index is 1340. The number of ether oxygens (including phenoxy) is 2. The van der Waals surface area contributed by atoms with E-state index in [1.165, 1.54) is 6.07 Å². The van der Waals surface area contributed by atoms with Crippen LogP contribution in [0, 0.1) is 5.82 Å². The van der Waals surface area contributed by atoms with Crippen LogP contribution in [0.5, 0.6) is 5.75 Å². The zero-order valence-electron chi connectivity index (χ0n) is 20.7. The lowest BCUT2D eigenvalue weighted by atomic mass is 10.0. The number of aromatic nitrogens is 4. The number of hydrogen-bond acceptors (Lipinski definition) is 8. The highest BCUT2D eigenvalue weighted by Crippen LogP contribution is 2.31. The molecule has 0 aliphatic carbocycles. The number of rotatable bonds is 7. The Balaban J connectivity index is 1.12. The van der Waals surface area contributed by atoms with Gasteiger partial charge in [0.25, 0.3) is 0 Å². The fourth-order valence-electron chi connectivity index (χ4n) is 5.25. The first-order valence-electron chi connectivity index (χ1n) is 12.8. The van der Waals surface area contributed by atoms with E-state index in [0.717, 1.165) is 48.4 Å². The first-order chi connectivity index (χ1) is 18.2. The standard InChI is InChI=1S/C26H30FN7O3/c27-22-1-2-23-20(6-12-37-23)19(22)3-7-28-26-29-15-21(25-31-30-17-34(25)26)18-4-8-33(9-5-18)24(35)16-32-10-13-36-14-11-32/h1-2,4,15,17H,3,5-14,16H2,(H,28,29). The lowest BCUT2D eigenvalue weighted by Crippen LogP contribution is -2.45. The van der Waals surface area contributed by atoms with Crippen LogP contribution < -0.4 is 10.1 Å². The molecule has 0 radical (unpaired) electrons. The molecule has 0 unspecified atom stereocenters. The van der Waals surface area contributed by atoms with Crippen LogP contribution in [0.4, 0.5) is 10.3 Å². The minimum absolute atomic E-state index is 0.148. The molecule has 1 saturated heterocycles. The van der Waals surface area contributed by atoms with Gasteiger partial charge in [0, 0.05) is 56.5 Å². The molecule has 0 saturated carbocycles. The molecule has 10 nitrogen and oxygen atoms in total. The maximum absolute atomic E-state index is 14.5. The zero-order chi connectivity index (χ0) is 25.2. The largest absolute Gasteiger partial charge is 0.493 e. The summed E-state index contributed by atoms with van der Waals surface area (Å²) in [7, 11) is 0. The van der Waals surface area contributed by atoms with E-state index in [1.807, 2.05) is 9.30 Å². The third-order valence-electron chi connectivity index (χ3n) is 7.30. The van der Waals surface area contributed by atoms with Gasteiger partial charge in [-0.05, 0) is 36.1 Å². The predicted molar refractivity (Wildman–Crippen MR) is 135 cm³/mol. The van der Waals surface area contributed by atoms with Gasteiger partial charge in [0.05, 0.1) is 26.4 Å². The number of carbonyl (C=O) groups excluding carboxylic acids is 1. The summed E-state index contributed by atoms with van der Waals surface area (Å²) in [6.45, 7) is 5.73. The van der Waals surface area contributed by atoms with E-state index < -0.39 is 0 Å². The maximum Gasteiger partial charge on any atom is 0.237 e. The van der Waals surface area contributed by atoms with E-state index in [9.17, 15) is 9.18 Å². The van der Waals surface area contributed by atoms with Crippen molar-refractivity contribution in [1.29, 1.82) is 0 Å². The molecule has 3 aliphatic heterocycles. The lowest BCUT2D eigenvalue weighted by Gasteiger charge is -2.31. The highest BCUT2D eigenvalue weighted by Gasteiger charge is 2.23. The lowest BCUT2D eigenvalue weighted by molar-refractivity contribution is -0.133. The average molecular weight is 508 g/mol. The van der Waals surface area contributed by atoms with Gasteiger partial charge in [0.15, 0.2) is 5.65 Å². The monoisotopic (exact) mass is 507 g/mol. The molecule has 0 bridgehead atoms. The third-order valence-corrected chi connectivity index (χ3v) is 7.30. The van der Waals surface area contributed by atoms with Gasteiger partial charge in [-0.25, -0.2) is 9.37 Å². The Morgan fingerprint density at radius 3 is 2.86 bits per heavy atom. The quantitative estimate of drug-likeness (QED) is 0.517. The second kappa shape index (κ2) is 10.4. The first kappa shape index (κ1) is 23.8. The second-order valence-electron chi connectivity index (χ2n) is 9.51. The van der Waals surface area contributed by atoms with Crippen molar-refractivity contribution in [2.45, 2.75) is 19.3 Å². The van der Waals surface area contributed by atoms with Crippen molar-refractivity contribution in [3.05, 3.63) is 53.2 Å². The number of hydrogen-bond donors (Lipinski definition) is 1. The molecule has 11 heteroatoms. The number of nitrogens with one attached hydrogen (secondary N) is 1. The molecule has 1 aromatic carbocycles. The molecule has 37 heavy (non-hydrogen) atoms. The number of carbonyl (C=O) groups is 1. The number of halogens is 1. The topological polar surface area (TPSA) is 97.1 Å². The summed E-state index contributed by atoms with van der Waals surface area (Å²) >= 11 is 0. The molecular weight excluding hydrogens is 477 g/mol. The van der Waals surface area contributed by atoms with Crippen LogP contribution in [0.3, 0.4) is 0 Å². The molecule has 1 fully saturated rings. The number of nitrogens with zero attached hydrogens (tertiary/aromatic N) is 6. The minimum atomic E-state index is -0.203. The van der Waals surface area contributed by atoms with Crippen molar-refractivity contribution in [3.63, 3.8) is 0 Å². The molecule has 3 aromatic rings. The summed E-state index contributed by atoms with van der Waals surface area (Å²) < 4.78 is 27.2. The molecule has 1 amide bonds. The molecule has 5 heterocycles. The molecular formula is C26H30FN7O3. The van der Waals surface area contributed by atoms with Crippen molar-refractivity contribution >= 4 is 23.1 Å². The summed E-state index contributed by atoms with van der Waals surface area (Å²) in [5, 5.41) is 11.7. The molecule has 0 spiro atoms. The van der Waals surface area contributed by atoms with Crippen LogP contribution in [0.25, 0.3) is 11.2 Å². The van der Waals surface area contributed by atoms with Crippen molar-refractivity contribution in [2.75, 3.05) is 64.4 Å². The third kappa shape index (κ3) is 4.88. The van der Waals surface area contributed by atoms with Gasteiger partial charge < -0.3 is 19.7 Å². The Kier molecular flexibility index (Phi) is 6.71. The highest BCUT2D eigenvalue weighted by atomic mass is 19.1. The van der Waals surface area contributed by atoms with Crippen LogP contribution >= 0.6 is 0 Å². The van der Waals surface area contributed by atoms with Gasteiger partial charge in [-0.1, -0.05) is 6.08 Å². The molecule has 3 aliphatic rings. The zero-order valence-corrected chi connectivity index (χ0v) is 20.7. The smallest absolute Gasteiger partial charge is 0.237 e. The van der Waals surface area contributed by atoms with Gasteiger partial charge in [-0.2, -0.15) is 0 Å². The number of benzene rings is 1. The van der Waals surface area contributed by atoms with Crippen LogP contribution in [-0.4, -0.2) is 94.4 Å². The number of anilines is 1. The van der Waals surface area contributed by atoms with Crippen molar-refractivity contribution in [1.82, 2.24) is 29.4 Å². The highest BCUT2D eigenvalue weighted by molar-refractivity contribution is 5.81. The summed E-state index contributed by atoms with van der Waals surface area (Å²) in [4.78, 5) is 21.4. The molecule has 0 atom stereocenters. The number of morpholine rings is 1. The first-order valence-corrected chi connectivity index (χ1v) is 12.8. The van der Waals surface area contributed by atoms with Gasteiger partial charge in [-0.3, -0.25) is 14.1 Å². The summed E-state index contributed by atoms with van der Waals surface area (Å²) in [5.41, 5.74) is 4.37. The van der Waals surface area contributed by atoms with Gasteiger partial charge in [0.1, 0.15) is 17.9 Å². The Labute approximate surface area is 214 Å². The second-order valence-corrected chi connectivity index (χ2v) is 9.51. The number of fused-ring (bicyclic) bond motifs is 2. The van der Waals surface area contributed by atoms with E-state index in [4.69, 9.17) is 9.47 Å². The average Bonchev–Trinajstić information content (AvgIpc) is 3.61. The maximum atomic E-state index is 14.5. The fraction of sp³-hybridized carbons (Fsp3) is 0.462. The van der Waals surface area contributed by atoms with Gasteiger partial charge in [0.2, 0.25) is 11.9 Å². The fourth-order valence-corrected chi connectivity index (χ4v) is 5.25. The van der Waals surface area contributed by atoms with Crippen LogP contribution in [-0.2, 0) is 22.4 Å². The SMILES string of the molecule is O=C(CN1CCOCC1)N1CC=C(c2cnc(NCCc3c(F)ccc4c3CCO4)n3cnnc23)CC1. The summed E-state index contributed by atoms with van der Waals surface area (Å²) in [5.74, 6) is 1.33. The van der Waals surface area contributed by atoms with E-state index in [0.29, 0.717) is 69.6 Å². The minimum Gasteiger partial charge on any atom is -0.493 e. The predicted octanol–water partition coefficient (Wildman–Crippen LogP) is 1.80. The molecule has 2 aromatic heterocycles. The normalized spacial score (nSPS) is 18.0. The Hall–Kier alpha value is -3.57. The van der Waals surface area contributed by atoms with E-state index >= 15 is 0 Å². The van der Waals surface area contributed by atoms with Crippen LogP contribution in [0.2, 0.25) is 0 Å². The van der Waals surface area contributed by atoms with Crippen LogP contribution in [0.1, 0.15) is 23.1 Å². The van der Waals surface area contributed by atoms with E-state index in [-0.39, 0.29) is 11.7 Å². The molecule has 6 rings (SSSR count). The molecule has 194 valence electrons. The Morgan fingerprint density at radius 2 is 2.03 bits per heavy atom. The van der Waals surface area contributed by atoms with Crippen LogP contribution in [0.15, 0.2) is 30.7 Å². The van der Waals surface area contributed by atoms with Gasteiger partial charge in [-0.15, -0.1) is 10.2 Å². The van der Waals surface area contributed by atoms with Crippen molar-refractivity contribution in [2.24, 2.45) is 0 Å². The van der Waals surface area contributed by atoms with E-state index in [2.05, 4.69) is 31.5 Å². The van der Waals surface area contributed by atoms with Crippen molar-refractivity contribution in [3.8, 4) is 5.75 Å². The van der Waals surface area contributed by atoms with Gasteiger partial charge >= 0.3 is 0 Å². The van der Waals surface area contributed by atoms with Crippen molar-refractivity contribution < 1.29 is 18.7 Å². The number of amides is 1. The summed E-state index contributed by atoms with van der Waals surface area (Å²) in [6.07, 6.45) is 7.50. The Morgan fingerprint density at radius 1 is 1.14 bits per heavy atom. The summed E-state index contributed by atoms with van der Waals surface area (Å²) in [6, 6.07) is 3.18.